The molecule has 0 aromatic rings. The normalized spacial score (nSPS) is 15.4. The van der Waals surface area contributed by atoms with Crippen molar-refractivity contribution in [3.05, 3.63) is 0 Å². The van der Waals surface area contributed by atoms with Crippen LogP contribution in [0.5, 0.6) is 0 Å². The van der Waals surface area contributed by atoms with E-state index in [4.69, 9.17) is 0 Å². The first-order valence-corrected chi connectivity index (χ1v) is 9.63. The highest BCUT2D eigenvalue weighted by Crippen LogP contribution is 2.62. The van der Waals surface area contributed by atoms with Crippen LogP contribution in [0, 0.1) is 0 Å². The van der Waals surface area contributed by atoms with Gasteiger partial charge in [0.15, 0.2) is 10.1 Å². The molecule has 0 aliphatic rings. The molecule has 0 saturated heterocycles. The summed E-state index contributed by atoms with van der Waals surface area (Å²) in [5.41, 5.74) is 0. The van der Waals surface area contributed by atoms with Gasteiger partial charge in [0.25, 0.3) is 0 Å². The lowest BCUT2D eigenvalue weighted by Gasteiger charge is -2.41. The Bertz CT molecular complexity index is 739. The highest BCUT2D eigenvalue weighted by molar-refractivity contribution is 7.86. The third-order valence-corrected chi connectivity index (χ3v) is 5.00. The fourth-order valence-corrected chi connectivity index (χ4v) is 2.30. The lowest BCUT2D eigenvalue weighted by atomic mass is 9.94. The summed E-state index contributed by atoms with van der Waals surface area (Å²) in [6, 6.07) is 0. The van der Waals surface area contributed by atoms with Crippen LogP contribution in [0.3, 0.4) is 0 Å². The summed E-state index contributed by atoms with van der Waals surface area (Å²) in [7, 11) is -8.01. The molecule has 20 heteroatoms. The molecule has 0 aliphatic carbocycles. The minimum absolute atomic E-state index is 1.27. The van der Waals surface area contributed by atoms with Crippen molar-refractivity contribution in [1.82, 2.24) is 0 Å². The summed E-state index contributed by atoms with van der Waals surface area (Å²) < 4.78 is 216. The molecule has 0 radical (unpaired) electrons. The first-order chi connectivity index (χ1) is 14.1. The largest absolute Gasteiger partial charge is 0.743 e. The molecule has 0 amide bonds. The van der Waals surface area contributed by atoms with E-state index in [1.807, 2.05) is 0 Å². The number of halogens is 15. The van der Waals surface area contributed by atoms with Crippen LogP contribution in [0.2, 0.25) is 0 Å². The van der Waals surface area contributed by atoms with Crippen LogP contribution in [0.15, 0.2) is 0 Å². The van der Waals surface area contributed by atoms with Gasteiger partial charge in [0.05, 0.1) is 19.6 Å². The SMILES string of the molecule is CC[NH+](CC)CC.O=S(=O)([O-])C(F)(F)C(F)(F)C(F)(F)C(F)(F)C(F)(F)C(F)(F)C(F)(F)F. The molecule has 0 bridgehead atoms. The number of alkyl halides is 15. The zero-order chi connectivity index (χ0) is 27.7. The van der Waals surface area contributed by atoms with Crippen molar-refractivity contribution in [3.63, 3.8) is 0 Å². The lowest BCUT2D eigenvalue weighted by Crippen LogP contribution is -3.11. The van der Waals surface area contributed by atoms with Gasteiger partial charge in [-0.05, 0) is 20.8 Å². The van der Waals surface area contributed by atoms with Crippen LogP contribution in [-0.2, 0) is 10.1 Å². The van der Waals surface area contributed by atoms with Gasteiger partial charge in [0.2, 0.25) is 0 Å². The Morgan fingerprint density at radius 1 is 0.545 bits per heavy atom. The van der Waals surface area contributed by atoms with E-state index < -0.39 is 51.2 Å². The van der Waals surface area contributed by atoms with Crippen molar-refractivity contribution in [3.8, 4) is 0 Å². The van der Waals surface area contributed by atoms with Crippen molar-refractivity contribution in [2.75, 3.05) is 19.6 Å². The monoisotopic (exact) mass is 551 g/mol. The second-order valence-corrected chi connectivity index (χ2v) is 7.57. The average molecular weight is 551 g/mol. The molecule has 0 aromatic carbocycles. The van der Waals surface area contributed by atoms with Crippen LogP contribution in [0.25, 0.3) is 0 Å². The van der Waals surface area contributed by atoms with Gasteiger partial charge in [-0.1, -0.05) is 0 Å². The third-order valence-electron chi connectivity index (χ3n) is 4.11. The fourth-order valence-electron chi connectivity index (χ4n) is 1.86. The first-order valence-electron chi connectivity index (χ1n) is 8.22. The van der Waals surface area contributed by atoms with Crippen LogP contribution >= 0.6 is 0 Å². The van der Waals surface area contributed by atoms with E-state index in [9.17, 15) is 78.8 Å². The molecule has 0 fully saturated rings. The van der Waals surface area contributed by atoms with Gasteiger partial charge >= 0.3 is 41.0 Å². The van der Waals surface area contributed by atoms with Crippen LogP contribution in [0.4, 0.5) is 65.9 Å². The Morgan fingerprint density at radius 2 is 0.788 bits per heavy atom. The van der Waals surface area contributed by atoms with E-state index in [-0.39, 0.29) is 0 Å². The molecule has 4 nitrogen and oxygen atoms in total. The van der Waals surface area contributed by atoms with E-state index in [1.165, 1.54) is 19.6 Å². The molecule has 202 valence electrons. The van der Waals surface area contributed by atoms with Crippen molar-refractivity contribution in [2.45, 2.75) is 61.8 Å². The highest BCUT2D eigenvalue weighted by atomic mass is 32.2. The number of hydrogen-bond donors (Lipinski definition) is 1. The van der Waals surface area contributed by atoms with Crippen LogP contribution < -0.4 is 4.90 Å². The van der Waals surface area contributed by atoms with E-state index in [0.717, 1.165) is 0 Å². The van der Waals surface area contributed by atoms with Gasteiger partial charge < -0.3 is 9.45 Å². The summed E-state index contributed by atoms with van der Waals surface area (Å²) in [5.74, 6) is -42.2. The molecule has 0 saturated carbocycles. The quantitative estimate of drug-likeness (QED) is 0.351. The van der Waals surface area contributed by atoms with E-state index >= 15 is 0 Å². The maximum Gasteiger partial charge on any atom is 0.460 e. The molecule has 0 spiro atoms. The summed E-state index contributed by atoms with van der Waals surface area (Å²) in [4.78, 5) is 1.68. The predicted molar refractivity (Wildman–Crippen MR) is 78.0 cm³/mol. The maximum absolute atomic E-state index is 12.9. The Hall–Kier alpha value is -1.18. The zero-order valence-electron chi connectivity index (χ0n) is 16.4. The molecule has 0 unspecified atom stereocenters. The minimum atomic E-state index is -8.63. The van der Waals surface area contributed by atoms with Crippen molar-refractivity contribution in [2.24, 2.45) is 0 Å². The standard InChI is InChI=1S/C7HF15O3S.C6H15N/c8-1(9,2(10,11)4(14,15)6(18,19)20)3(12,13)5(16,17)7(21,22)26(23,24)25;1-4-7(5-2)6-3/h(H,23,24,25);4-6H2,1-3H3. The first kappa shape index (κ1) is 34.0. The van der Waals surface area contributed by atoms with Gasteiger partial charge in [-0.15, -0.1) is 0 Å². The Labute approximate surface area is 176 Å². The van der Waals surface area contributed by atoms with E-state index in [0.29, 0.717) is 0 Å². The van der Waals surface area contributed by atoms with Crippen LogP contribution in [-0.4, -0.2) is 73.6 Å². The predicted octanol–water partition coefficient (Wildman–Crippen LogP) is 3.79. The maximum atomic E-state index is 12.9. The van der Waals surface area contributed by atoms with Crippen molar-refractivity contribution >= 4 is 10.1 Å². The topological polar surface area (TPSA) is 61.6 Å². The van der Waals surface area contributed by atoms with Gasteiger partial charge in [0, 0.05) is 0 Å². The summed E-state index contributed by atoms with van der Waals surface area (Å²) in [6.07, 6.45) is -7.77. The molecule has 0 aliphatic heterocycles. The summed E-state index contributed by atoms with van der Waals surface area (Å²) in [6.45, 7) is 10.5. The fraction of sp³-hybridized carbons (Fsp3) is 1.00. The highest BCUT2D eigenvalue weighted by Gasteiger charge is 2.94. The minimum Gasteiger partial charge on any atom is -0.743 e. The number of hydrogen-bond acceptors (Lipinski definition) is 3. The summed E-state index contributed by atoms with van der Waals surface area (Å²) >= 11 is 0. The third kappa shape index (κ3) is 5.57. The molecule has 0 heterocycles. The van der Waals surface area contributed by atoms with Crippen molar-refractivity contribution in [1.29, 1.82) is 0 Å². The average Bonchev–Trinajstić information content (AvgIpc) is 2.61. The smallest absolute Gasteiger partial charge is 0.460 e. The van der Waals surface area contributed by atoms with E-state index in [1.54, 1.807) is 4.90 Å². The number of quaternary nitrogens is 1. The number of nitrogens with one attached hydrogen (secondary N) is 1. The van der Waals surface area contributed by atoms with E-state index in [2.05, 4.69) is 20.8 Å². The molecule has 33 heavy (non-hydrogen) atoms. The summed E-state index contributed by atoms with van der Waals surface area (Å²) in [5, 5.41) is -7.81. The van der Waals surface area contributed by atoms with Crippen molar-refractivity contribution < 1.29 is 83.7 Å². The van der Waals surface area contributed by atoms with Crippen LogP contribution in [0.1, 0.15) is 20.8 Å². The van der Waals surface area contributed by atoms with Gasteiger partial charge in [-0.25, -0.2) is 8.42 Å². The zero-order valence-corrected chi connectivity index (χ0v) is 17.2. The Balaban J connectivity index is 0. The molecule has 0 aromatic heterocycles. The number of rotatable bonds is 9. The molecule has 0 atom stereocenters. The van der Waals surface area contributed by atoms with Gasteiger partial charge in [0.1, 0.15) is 0 Å². The molecule has 1 N–H and O–H groups in total. The Morgan fingerprint density at radius 3 is 0.970 bits per heavy atom. The Kier molecular flexibility index (Phi) is 10.1. The second-order valence-electron chi connectivity index (χ2n) is 6.15. The lowest BCUT2D eigenvalue weighted by molar-refractivity contribution is -0.894. The van der Waals surface area contributed by atoms with Gasteiger partial charge in [-0.2, -0.15) is 65.9 Å². The molecule has 0 rings (SSSR count). The molecular formula is C13H16F15NO3S. The molecular weight excluding hydrogens is 535 g/mol. The second kappa shape index (κ2) is 9.82. The van der Waals surface area contributed by atoms with Gasteiger partial charge in [-0.3, -0.25) is 0 Å².